The quantitative estimate of drug-likeness (QED) is 0.550. The van der Waals surface area contributed by atoms with E-state index in [0.717, 1.165) is 10.6 Å². The van der Waals surface area contributed by atoms with Gasteiger partial charge in [-0.05, 0) is 24.3 Å². The third-order valence-electron chi connectivity index (χ3n) is 3.68. The zero-order valence-electron chi connectivity index (χ0n) is 13.5. The third kappa shape index (κ3) is 3.19. The van der Waals surface area contributed by atoms with E-state index in [1.807, 2.05) is 44.2 Å². The van der Waals surface area contributed by atoms with Crippen LogP contribution in [0.3, 0.4) is 0 Å². The molecular formula is C17H19N3O3S. The average molecular weight is 345 g/mol. The Hall–Kier alpha value is -2.22. The average Bonchev–Trinajstić information content (AvgIpc) is 2.63. The highest BCUT2D eigenvalue weighted by atomic mass is 32.2. The number of urea groups is 1. The van der Waals surface area contributed by atoms with E-state index in [-0.39, 0.29) is 0 Å². The molecule has 7 heteroatoms. The number of hydrogen-bond donors (Lipinski definition) is 2. The van der Waals surface area contributed by atoms with Crippen molar-refractivity contribution < 1.29 is 14.7 Å². The molecule has 0 spiro atoms. The van der Waals surface area contributed by atoms with Crippen molar-refractivity contribution in [3.05, 3.63) is 42.5 Å². The first-order valence-electron chi connectivity index (χ1n) is 7.76. The van der Waals surface area contributed by atoms with Crippen molar-refractivity contribution >= 4 is 23.5 Å². The van der Waals surface area contributed by atoms with Gasteiger partial charge in [-0.1, -0.05) is 43.8 Å². The summed E-state index contributed by atoms with van der Waals surface area (Å²) in [5.74, 6) is 1.38. The van der Waals surface area contributed by atoms with Gasteiger partial charge in [0, 0.05) is 13.1 Å². The van der Waals surface area contributed by atoms with Crippen molar-refractivity contribution in [2.45, 2.75) is 23.6 Å². The molecule has 0 saturated heterocycles. The number of nitrogens with zero attached hydrogens (tertiary/aromatic N) is 2. The number of anilines is 1. The Kier molecular flexibility index (Phi) is 4.94. The maximum Gasteiger partial charge on any atom is 0.360 e. The van der Waals surface area contributed by atoms with E-state index in [1.165, 1.54) is 11.8 Å². The molecule has 0 saturated carbocycles. The summed E-state index contributed by atoms with van der Waals surface area (Å²) in [7, 11) is 0. The zero-order valence-corrected chi connectivity index (χ0v) is 14.3. The molecule has 0 unspecified atom stereocenters. The first-order chi connectivity index (χ1) is 11.6. The van der Waals surface area contributed by atoms with Crippen LogP contribution < -0.4 is 15.2 Å². The Morgan fingerprint density at radius 3 is 2.58 bits per heavy atom. The summed E-state index contributed by atoms with van der Waals surface area (Å²) in [6, 6.07) is 12.3. The van der Waals surface area contributed by atoms with Gasteiger partial charge in [-0.15, -0.1) is 0 Å². The predicted octanol–water partition coefficient (Wildman–Crippen LogP) is 4.11. The van der Waals surface area contributed by atoms with E-state index in [2.05, 4.69) is 5.43 Å². The molecule has 24 heavy (non-hydrogen) atoms. The first-order valence-corrected chi connectivity index (χ1v) is 8.58. The maximum absolute atomic E-state index is 12.3. The highest BCUT2D eigenvalue weighted by Gasteiger charge is 2.25. The van der Waals surface area contributed by atoms with Crippen LogP contribution in [-0.4, -0.2) is 29.3 Å². The van der Waals surface area contributed by atoms with Crippen molar-refractivity contribution in [3.8, 4) is 11.5 Å². The topological polar surface area (TPSA) is 65.0 Å². The summed E-state index contributed by atoms with van der Waals surface area (Å²) in [6.45, 7) is 5.15. The van der Waals surface area contributed by atoms with Crippen molar-refractivity contribution in [3.63, 3.8) is 0 Å². The van der Waals surface area contributed by atoms with Crippen LogP contribution in [0.2, 0.25) is 0 Å². The van der Waals surface area contributed by atoms with Gasteiger partial charge in [0.2, 0.25) is 0 Å². The Morgan fingerprint density at radius 2 is 1.83 bits per heavy atom. The molecule has 6 nitrogen and oxygen atoms in total. The molecule has 2 amide bonds. The molecule has 126 valence electrons. The SMILES string of the molecule is CCN(CC)NC(=O)N(O)c1cccc2c1Sc1ccccc1O2. The van der Waals surface area contributed by atoms with Gasteiger partial charge < -0.3 is 4.74 Å². The van der Waals surface area contributed by atoms with Crippen molar-refractivity contribution in [2.24, 2.45) is 0 Å². The van der Waals surface area contributed by atoms with Crippen LogP contribution >= 0.6 is 11.8 Å². The molecule has 1 heterocycles. The Balaban J connectivity index is 1.87. The molecule has 0 fully saturated rings. The van der Waals surface area contributed by atoms with Gasteiger partial charge in [0.25, 0.3) is 0 Å². The minimum Gasteiger partial charge on any atom is -0.455 e. The van der Waals surface area contributed by atoms with Crippen molar-refractivity contribution in [1.29, 1.82) is 0 Å². The number of nitrogens with one attached hydrogen (secondary N) is 1. The van der Waals surface area contributed by atoms with Crippen LogP contribution in [0.1, 0.15) is 13.8 Å². The molecule has 2 aromatic carbocycles. The number of rotatable bonds is 4. The second kappa shape index (κ2) is 7.12. The molecular weight excluding hydrogens is 326 g/mol. The fraction of sp³-hybridized carbons (Fsp3) is 0.235. The molecule has 0 aromatic heterocycles. The molecule has 0 bridgehead atoms. The maximum atomic E-state index is 12.3. The Labute approximate surface area is 144 Å². The van der Waals surface area contributed by atoms with Crippen LogP contribution in [-0.2, 0) is 0 Å². The van der Waals surface area contributed by atoms with E-state index in [0.29, 0.717) is 34.5 Å². The third-order valence-corrected chi connectivity index (χ3v) is 4.85. The lowest BCUT2D eigenvalue weighted by Gasteiger charge is -2.26. The van der Waals surface area contributed by atoms with Crippen LogP contribution in [0.5, 0.6) is 11.5 Å². The summed E-state index contributed by atoms with van der Waals surface area (Å²) in [6.07, 6.45) is 0. The van der Waals surface area contributed by atoms with Gasteiger partial charge in [-0.3, -0.25) is 10.6 Å². The molecule has 3 rings (SSSR count). The van der Waals surface area contributed by atoms with Crippen molar-refractivity contribution in [2.75, 3.05) is 18.2 Å². The number of fused-ring (bicyclic) bond motifs is 2. The lowest BCUT2D eigenvalue weighted by Crippen LogP contribution is -2.48. The van der Waals surface area contributed by atoms with Crippen LogP contribution in [0.15, 0.2) is 52.3 Å². The minimum absolute atomic E-state index is 0.386. The summed E-state index contributed by atoms with van der Waals surface area (Å²) in [5, 5.41) is 12.7. The van der Waals surface area contributed by atoms with Crippen LogP contribution in [0.25, 0.3) is 0 Å². The fourth-order valence-electron chi connectivity index (χ4n) is 2.37. The number of para-hydroxylation sites is 1. The van der Waals surface area contributed by atoms with E-state index in [9.17, 15) is 10.0 Å². The first kappa shape index (κ1) is 16.6. The number of hydrogen-bond acceptors (Lipinski definition) is 5. The number of hydrazine groups is 1. The molecule has 0 aliphatic carbocycles. The zero-order chi connectivity index (χ0) is 17.1. The van der Waals surface area contributed by atoms with Crippen LogP contribution in [0.4, 0.5) is 10.5 Å². The Morgan fingerprint density at radius 1 is 1.12 bits per heavy atom. The second-order valence-corrected chi connectivity index (χ2v) is 6.21. The van der Waals surface area contributed by atoms with E-state index in [1.54, 1.807) is 17.1 Å². The molecule has 2 aromatic rings. The van der Waals surface area contributed by atoms with Crippen LogP contribution in [0, 0.1) is 0 Å². The number of carbonyl (C=O) groups is 1. The summed E-state index contributed by atoms with van der Waals surface area (Å²) in [4.78, 5) is 13.9. The molecule has 2 N–H and O–H groups in total. The number of amides is 2. The Bertz CT molecular complexity index is 750. The minimum atomic E-state index is -0.605. The van der Waals surface area contributed by atoms with Crippen molar-refractivity contribution in [1.82, 2.24) is 10.4 Å². The molecule has 1 aliphatic heterocycles. The fourth-order valence-corrected chi connectivity index (χ4v) is 3.42. The lowest BCUT2D eigenvalue weighted by atomic mass is 10.2. The second-order valence-electron chi connectivity index (χ2n) is 5.16. The number of hydroxylamine groups is 1. The standard InChI is InChI=1S/C17H19N3O3S/c1-3-19(4-2)18-17(21)20(22)12-8-7-10-14-16(12)24-15-11-6-5-9-13(15)23-14/h5-11,22H,3-4H2,1-2H3,(H,18,21). The number of benzene rings is 2. The molecule has 0 radical (unpaired) electrons. The predicted molar refractivity (Wildman–Crippen MR) is 92.8 cm³/mol. The smallest absolute Gasteiger partial charge is 0.360 e. The highest BCUT2D eigenvalue weighted by molar-refractivity contribution is 7.99. The number of ether oxygens (including phenoxy) is 1. The van der Waals surface area contributed by atoms with E-state index < -0.39 is 6.03 Å². The summed E-state index contributed by atoms with van der Waals surface area (Å²) >= 11 is 1.46. The van der Waals surface area contributed by atoms with Gasteiger partial charge in [0.15, 0.2) is 0 Å². The monoisotopic (exact) mass is 345 g/mol. The normalized spacial score (nSPS) is 12.2. The molecule has 0 atom stereocenters. The van der Waals surface area contributed by atoms with Gasteiger partial charge >= 0.3 is 6.03 Å². The van der Waals surface area contributed by atoms with Gasteiger partial charge in [-0.2, -0.15) is 5.06 Å². The summed E-state index contributed by atoms with van der Waals surface area (Å²) in [5.41, 5.74) is 3.05. The van der Waals surface area contributed by atoms with Gasteiger partial charge in [0.05, 0.1) is 15.5 Å². The lowest BCUT2D eigenvalue weighted by molar-refractivity contribution is 0.162. The van der Waals surface area contributed by atoms with E-state index >= 15 is 0 Å². The molecule has 1 aliphatic rings. The summed E-state index contributed by atoms with van der Waals surface area (Å²) < 4.78 is 5.87. The van der Waals surface area contributed by atoms with Gasteiger partial charge in [0.1, 0.15) is 11.5 Å². The van der Waals surface area contributed by atoms with Gasteiger partial charge in [-0.25, -0.2) is 9.80 Å². The highest BCUT2D eigenvalue weighted by Crippen LogP contribution is 2.50. The number of carbonyl (C=O) groups excluding carboxylic acids is 1. The largest absolute Gasteiger partial charge is 0.455 e. The van der Waals surface area contributed by atoms with E-state index in [4.69, 9.17) is 4.74 Å².